The molecule has 1 fully saturated rings. The number of fused-ring (bicyclic) bond motifs is 11. The van der Waals surface area contributed by atoms with Crippen molar-refractivity contribution >= 4 is 54.3 Å². The van der Waals surface area contributed by atoms with Crippen LogP contribution in [0.5, 0.6) is 0 Å². The molecule has 2 atom stereocenters. The van der Waals surface area contributed by atoms with Gasteiger partial charge in [0, 0.05) is 63.3 Å². The van der Waals surface area contributed by atoms with E-state index < -0.39 is 35.2 Å². The summed E-state index contributed by atoms with van der Waals surface area (Å²) in [6.45, 7) is 11.5. The van der Waals surface area contributed by atoms with E-state index in [2.05, 4.69) is 26.8 Å². The minimum Gasteiger partial charge on any atom is -0.481 e. The van der Waals surface area contributed by atoms with Crippen LogP contribution in [0, 0.1) is 32.1 Å². The number of rotatable bonds is 9. The van der Waals surface area contributed by atoms with Crippen molar-refractivity contribution in [2.45, 2.75) is 53.4 Å². The van der Waals surface area contributed by atoms with Crippen molar-refractivity contribution in [1.82, 2.24) is 20.3 Å². The molecule has 12 heteroatoms. The summed E-state index contributed by atoms with van der Waals surface area (Å²) >= 11 is 0. The number of hydrogen-bond acceptors (Lipinski definition) is 5. The van der Waals surface area contributed by atoms with Crippen molar-refractivity contribution in [3.8, 4) is 0 Å². The lowest BCUT2D eigenvalue weighted by molar-refractivity contribution is -0.146. The van der Waals surface area contributed by atoms with Gasteiger partial charge in [-0.15, -0.1) is 0 Å². The van der Waals surface area contributed by atoms with E-state index in [0.29, 0.717) is 39.4 Å². The largest absolute Gasteiger partial charge is 0.481 e. The summed E-state index contributed by atoms with van der Waals surface area (Å²) in [5.41, 5.74) is 7.53. The molecule has 3 aliphatic rings. The number of carbonyl (C=O) groups is 4. The Bertz CT molecular complexity index is 2290. The van der Waals surface area contributed by atoms with E-state index in [0.717, 1.165) is 44.4 Å². The standard InChI is InChI=1S/C38H38N4O8/c1-6-20-17(2)25-13-26-18(3)21(8-11-33(43)44)28(39-26)15-29-22(9-12-34(45)46)19(4)27(40-29)14-31-24-10-7-23(36(47)48)35(37(49)50)38(24,5)32(42-31)16-30(20)41-25/h6-7,10,13-16,35,39-42H,1,8-9,11-12H2,2-5H3,(H,43,44)(H,45,46)(H,47,48)(H,49,50). The predicted molar refractivity (Wildman–Crippen MR) is 187 cm³/mol. The fourth-order valence-corrected chi connectivity index (χ4v) is 7.55. The maximum Gasteiger partial charge on any atom is 0.332 e. The molecule has 6 rings (SSSR count). The minimum absolute atomic E-state index is 0.0826. The zero-order valence-corrected chi connectivity index (χ0v) is 28.1. The molecule has 1 saturated heterocycles. The van der Waals surface area contributed by atoms with Crippen molar-refractivity contribution in [3.63, 3.8) is 0 Å². The number of aliphatic carboxylic acids is 4. The van der Waals surface area contributed by atoms with Gasteiger partial charge in [-0.05, 0) is 98.2 Å². The molecule has 0 saturated carbocycles. The summed E-state index contributed by atoms with van der Waals surface area (Å²) in [4.78, 5) is 58.9. The smallest absolute Gasteiger partial charge is 0.332 e. The Kier molecular flexibility index (Phi) is 8.42. The van der Waals surface area contributed by atoms with Crippen molar-refractivity contribution in [2.24, 2.45) is 11.3 Å². The van der Waals surface area contributed by atoms with Gasteiger partial charge in [-0.25, -0.2) is 4.79 Å². The lowest BCUT2D eigenvalue weighted by atomic mass is 9.65. The molecule has 12 nitrogen and oxygen atoms in total. The maximum absolute atomic E-state index is 12.9. The zero-order chi connectivity index (χ0) is 36.2. The van der Waals surface area contributed by atoms with Crippen LogP contribution >= 0.6 is 0 Å². The Morgan fingerprint density at radius 1 is 0.760 bits per heavy atom. The number of H-pyrrole nitrogens is 3. The number of carboxylic acids is 4. The molecule has 3 aromatic heterocycles. The summed E-state index contributed by atoms with van der Waals surface area (Å²) in [5, 5.41) is 44.5. The number of nitrogens with one attached hydrogen (secondary N) is 4. The Morgan fingerprint density at radius 3 is 2.00 bits per heavy atom. The quantitative estimate of drug-likeness (QED) is 0.165. The van der Waals surface area contributed by atoms with E-state index in [1.807, 2.05) is 39.0 Å². The molecular formula is C38H38N4O8. The van der Waals surface area contributed by atoms with Crippen LogP contribution in [0.3, 0.4) is 0 Å². The lowest BCUT2D eigenvalue weighted by Gasteiger charge is -2.35. The van der Waals surface area contributed by atoms with Crippen molar-refractivity contribution in [3.05, 3.63) is 108 Å². The molecule has 258 valence electrons. The van der Waals surface area contributed by atoms with Crippen molar-refractivity contribution in [2.75, 3.05) is 0 Å². The average molecular weight is 679 g/mol. The highest BCUT2D eigenvalue weighted by atomic mass is 16.4. The van der Waals surface area contributed by atoms with Crippen LogP contribution < -0.4 is 16.0 Å². The third-order valence-corrected chi connectivity index (χ3v) is 10.3. The van der Waals surface area contributed by atoms with E-state index in [1.165, 1.54) is 6.08 Å². The second-order valence-corrected chi connectivity index (χ2v) is 13.1. The van der Waals surface area contributed by atoms with Gasteiger partial charge in [0.25, 0.3) is 0 Å². The summed E-state index contributed by atoms with van der Waals surface area (Å²) in [6, 6.07) is 0. The van der Waals surface area contributed by atoms with Gasteiger partial charge in [0.2, 0.25) is 0 Å². The molecule has 8 N–H and O–H groups in total. The van der Waals surface area contributed by atoms with Gasteiger partial charge in [-0.1, -0.05) is 24.8 Å². The van der Waals surface area contributed by atoms with Gasteiger partial charge >= 0.3 is 23.9 Å². The number of allylic oxidation sites excluding steroid dienone is 4. The van der Waals surface area contributed by atoms with Crippen LogP contribution in [0.2, 0.25) is 0 Å². The normalized spacial score (nSPS) is 19.1. The molecule has 8 bridgehead atoms. The van der Waals surface area contributed by atoms with Crippen molar-refractivity contribution < 1.29 is 39.6 Å². The van der Waals surface area contributed by atoms with Crippen LogP contribution in [0.15, 0.2) is 41.3 Å². The molecular weight excluding hydrogens is 640 g/mol. The summed E-state index contributed by atoms with van der Waals surface area (Å²) in [6.07, 6.45) is 12.4. The molecule has 0 radical (unpaired) electrons. The van der Waals surface area contributed by atoms with Gasteiger partial charge in [0.05, 0.1) is 11.0 Å². The first-order valence-electron chi connectivity index (χ1n) is 16.2. The van der Waals surface area contributed by atoms with Gasteiger partial charge in [-0.2, -0.15) is 0 Å². The monoisotopic (exact) mass is 678 g/mol. The molecule has 0 amide bonds. The van der Waals surface area contributed by atoms with Gasteiger partial charge < -0.3 is 40.7 Å². The third-order valence-electron chi connectivity index (χ3n) is 10.3. The fourth-order valence-electron chi connectivity index (χ4n) is 7.55. The second-order valence-electron chi connectivity index (χ2n) is 13.1. The van der Waals surface area contributed by atoms with Crippen molar-refractivity contribution in [1.29, 1.82) is 0 Å². The second kappa shape index (κ2) is 12.4. The van der Waals surface area contributed by atoms with E-state index in [1.54, 1.807) is 25.2 Å². The van der Waals surface area contributed by atoms with Crippen LogP contribution in [0.1, 0.15) is 75.9 Å². The zero-order valence-electron chi connectivity index (χ0n) is 28.1. The molecule has 0 aromatic carbocycles. The fraction of sp³-hybridized carbons (Fsp3) is 0.263. The third kappa shape index (κ3) is 5.52. The van der Waals surface area contributed by atoms with E-state index in [9.17, 15) is 39.6 Å². The average Bonchev–Trinajstić information content (AvgIpc) is 3.69. The number of carboxylic acid groups (broad SMARTS) is 4. The Hall–Kier alpha value is -6.04. The highest BCUT2D eigenvalue weighted by Gasteiger charge is 2.54. The molecule has 2 unspecified atom stereocenters. The molecule has 50 heavy (non-hydrogen) atoms. The Balaban J connectivity index is 1.72. The van der Waals surface area contributed by atoms with E-state index in [-0.39, 0.29) is 31.3 Å². The lowest BCUT2D eigenvalue weighted by Crippen LogP contribution is -2.39. The molecule has 5 heterocycles. The Labute approximate surface area is 286 Å². The van der Waals surface area contributed by atoms with Gasteiger partial charge in [0.15, 0.2) is 0 Å². The summed E-state index contributed by atoms with van der Waals surface area (Å²) in [7, 11) is 0. The van der Waals surface area contributed by atoms with E-state index in [4.69, 9.17) is 0 Å². The molecule has 0 spiro atoms. The first-order chi connectivity index (χ1) is 23.6. The number of aromatic amines is 3. The maximum atomic E-state index is 12.9. The van der Waals surface area contributed by atoms with E-state index >= 15 is 0 Å². The van der Waals surface area contributed by atoms with Crippen LogP contribution in [0.4, 0.5) is 0 Å². The van der Waals surface area contributed by atoms with Gasteiger partial charge in [0.1, 0.15) is 5.92 Å². The highest BCUT2D eigenvalue weighted by Crippen LogP contribution is 2.55. The van der Waals surface area contributed by atoms with Crippen LogP contribution in [-0.2, 0) is 32.0 Å². The molecule has 2 aliphatic heterocycles. The molecule has 1 aliphatic carbocycles. The highest BCUT2D eigenvalue weighted by molar-refractivity contribution is 5.97. The van der Waals surface area contributed by atoms with Crippen LogP contribution in [-0.4, -0.2) is 59.3 Å². The summed E-state index contributed by atoms with van der Waals surface area (Å²) in [5.74, 6) is -5.92. The van der Waals surface area contributed by atoms with Crippen LogP contribution in [0.25, 0.3) is 30.4 Å². The molecule has 3 aromatic rings. The summed E-state index contributed by atoms with van der Waals surface area (Å²) < 4.78 is 0. The first-order valence-corrected chi connectivity index (χ1v) is 16.2. The minimum atomic E-state index is -1.43. The first kappa shape index (κ1) is 33.8. The topological polar surface area (TPSA) is 209 Å². The van der Waals surface area contributed by atoms with Gasteiger partial charge in [-0.3, -0.25) is 14.4 Å². The predicted octanol–water partition coefficient (Wildman–Crippen LogP) is 3.89. The SMILES string of the molecule is C=Cc1c2[nH]c(c1C)C=c1[nH]c(c(CCC(=O)O)c1C)=Cc1[nH]c(c(C)c1CCC(=O)O)C=C1NC(=C2)C2(C)C1=CC=C(C(=O)O)C2C(=O)O. The number of hydrogen-bond donors (Lipinski definition) is 8. The Morgan fingerprint density at radius 2 is 1.38 bits per heavy atom. The number of aromatic nitrogens is 3.